The molecule has 0 atom stereocenters. The summed E-state index contributed by atoms with van der Waals surface area (Å²) in [4.78, 5) is 4.57. The Morgan fingerprint density at radius 1 is 1.00 bits per heavy atom. The largest absolute Gasteiger partial charge is 0.497 e. The van der Waals surface area contributed by atoms with Crippen molar-refractivity contribution < 1.29 is 22.4 Å². The minimum absolute atomic E-state index is 0.0768. The molecular weight excluding hydrogens is 625 g/mol. The molecule has 250 valence electrons. The van der Waals surface area contributed by atoms with Crippen LogP contribution in [0.2, 0.25) is 0 Å². The Labute approximate surface area is 282 Å². The van der Waals surface area contributed by atoms with E-state index in [9.17, 15) is 8.42 Å². The van der Waals surface area contributed by atoms with Gasteiger partial charge in [0.2, 0.25) is 21.7 Å². The number of ether oxygens (including phenoxy) is 2. The van der Waals surface area contributed by atoms with Crippen molar-refractivity contribution >= 4 is 32.6 Å². The Kier molecular flexibility index (Phi) is 8.98. The summed E-state index contributed by atoms with van der Waals surface area (Å²) in [5.41, 5.74) is 10.1. The first kappa shape index (κ1) is 32.3. The normalized spacial score (nSPS) is 15.3. The van der Waals surface area contributed by atoms with Crippen molar-refractivity contribution in [3.05, 3.63) is 88.8 Å². The van der Waals surface area contributed by atoms with Crippen LogP contribution in [0.4, 0.5) is 0 Å². The van der Waals surface area contributed by atoms with E-state index in [2.05, 4.69) is 74.0 Å². The average Bonchev–Trinajstić information content (AvgIpc) is 3.62. The number of nitrogens with zero attached hydrogens (tertiary/aromatic N) is 3. The van der Waals surface area contributed by atoms with E-state index in [1.54, 1.807) is 27.9 Å². The molecule has 7 rings (SSSR count). The maximum absolute atomic E-state index is 12.2. The minimum Gasteiger partial charge on any atom is -0.497 e. The van der Waals surface area contributed by atoms with E-state index >= 15 is 0 Å². The number of allylic oxidation sites excluding steroid dienone is 1. The lowest BCUT2D eigenvalue weighted by Gasteiger charge is -2.24. The van der Waals surface area contributed by atoms with Gasteiger partial charge in [-0.15, -0.1) is 0 Å². The summed E-state index contributed by atoms with van der Waals surface area (Å²) < 4.78 is 46.5. The van der Waals surface area contributed by atoms with Crippen LogP contribution >= 0.6 is 0 Å². The van der Waals surface area contributed by atoms with Crippen molar-refractivity contribution in [2.75, 3.05) is 13.8 Å². The van der Waals surface area contributed by atoms with Gasteiger partial charge in [-0.25, -0.2) is 8.42 Å². The van der Waals surface area contributed by atoms with Gasteiger partial charge < -0.3 is 18.6 Å². The first-order valence-corrected chi connectivity index (χ1v) is 18.3. The zero-order chi connectivity index (χ0) is 33.4. The van der Waals surface area contributed by atoms with Crippen molar-refractivity contribution in [3.8, 4) is 28.4 Å². The molecule has 2 aliphatic rings. The van der Waals surface area contributed by atoms with Crippen LogP contribution in [-0.4, -0.2) is 42.2 Å². The second kappa shape index (κ2) is 13.3. The summed E-state index contributed by atoms with van der Waals surface area (Å²) in [6.07, 6.45) is 8.34. The maximum atomic E-state index is 12.2. The molecule has 0 unspecified atom stereocenters. The molecular formula is C38H42N4O5S. The fraction of sp³-hybridized carbons (Fsp3) is 0.368. The van der Waals surface area contributed by atoms with Crippen LogP contribution in [0.3, 0.4) is 0 Å². The van der Waals surface area contributed by atoms with E-state index in [1.807, 2.05) is 12.1 Å². The molecule has 0 saturated heterocycles. The Hall–Kier alpha value is -4.25. The highest BCUT2D eigenvalue weighted by Crippen LogP contribution is 2.48. The van der Waals surface area contributed by atoms with Gasteiger partial charge in [0, 0.05) is 35.5 Å². The zero-order valence-electron chi connectivity index (χ0n) is 28.0. The zero-order valence-corrected chi connectivity index (χ0v) is 28.8. The highest BCUT2D eigenvalue weighted by Gasteiger charge is 2.30. The number of methoxy groups -OCH3 is 1. The first-order chi connectivity index (χ1) is 23.2. The number of hydrogen-bond donors (Lipinski definition) is 1. The third-order valence-corrected chi connectivity index (χ3v) is 11.4. The van der Waals surface area contributed by atoms with Crippen LogP contribution in [0.1, 0.15) is 80.0 Å². The van der Waals surface area contributed by atoms with Gasteiger partial charge in [-0.1, -0.05) is 60.8 Å². The molecule has 1 N–H and O–H groups in total. The fourth-order valence-corrected chi connectivity index (χ4v) is 7.75. The Bertz CT molecular complexity index is 2100. The molecule has 0 radical (unpaired) electrons. The van der Waals surface area contributed by atoms with Gasteiger partial charge in [-0.05, 0) is 90.8 Å². The highest BCUT2D eigenvalue weighted by molar-refractivity contribution is 7.90. The van der Waals surface area contributed by atoms with Crippen LogP contribution in [0.15, 0.2) is 65.2 Å². The minimum atomic E-state index is -3.41. The monoisotopic (exact) mass is 666 g/mol. The van der Waals surface area contributed by atoms with Gasteiger partial charge in [-0.3, -0.25) is 0 Å². The number of benzene rings is 3. The predicted molar refractivity (Wildman–Crippen MR) is 189 cm³/mol. The summed E-state index contributed by atoms with van der Waals surface area (Å²) in [6, 6.07) is 21.2. The summed E-state index contributed by atoms with van der Waals surface area (Å²) in [5, 5.41) is 5.00. The number of nitrogens with one attached hydrogen (secondary N) is 1. The van der Waals surface area contributed by atoms with Crippen LogP contribution in [0.25, 0.3) is 45.2 Å². The number of rotatable bonds is 10. The molecule has 1 fully saturated rings. The van der Waals surface area contributed by atoms with Crippen LogP contribution in [-0.2, 0) is 27.9 Å². The lowest BCUT2D eigenvalue weighted by molar-refractivity contribution is 0.117. The Balaban J connectivity index is 1.38. The van der Waals surface area contributed by atoms with Gasteiger partial charge >= 0.3 is 0 Å². The molecule has 48 heavy (non-hydrogen) atoms. The Morgan fingerprint density at radius 3 is 2.52 bits per heavy atom. The number of sulfonamides is 1. The van der Waals surface area contributed by atoms with E-state index in [4.69, 9.17) is 14.0 Å². The SMILES string of the molecule is COc1ccc2c(c1)C=C(c1ccccc1-c1noc(C)n1)Cn1c-2c(C2CCCCC2)c2ccc(COCNS(=O)(=O)C(C)C)cc21. The quantitative estimate of drug-likeness (QED) is 0.119. The molecule has 0 bridgehead atoms. The molecule has 0 amide bonds. The smallest absolute Gasteiger partial charge is 0.223 e. The van der Waals surface area contributed by atoms with Gasteiger partial charge in [-0.2, -0.15) is 9.71 Å². The lowest BCUT2D eigenvalue weighted by atomic mass is 9.81. The standard InChI is InChI=1S/C38H42N4O5S/c1-24(2)48(43,44)39-23-46-22-26-14-16-34-35(18-26)42-21-29(31-12-8-9-13-33(31)38-40-25(3)47-41-38)19-28-20-30(45-4)15-17-32(28)37(42)36(34)27-10-6-5-7-11-27/h8-9,12-20,24,27,39H,5-7,10-11,21-23H2,1-4H3. The second-order valence-electron chi connectivity index (χ2n) is 13.1. The molecule has 1 saturated carbocycles. The van der Waals surface area contributed by atoms with E-state index in [0.717, 1.165) is 39.1 Å². The molecule has 9 nitrogen and oxygen atoms in total. The molecule has 1 aliphatic heterocycles. The third-order valence-electron chi connectivity index (χ3n) is 9.65. The number of hydrogen-bond acceptors (Lipinski definition) is 7. The van der Waals surface area contributed by atoms with E-state index < -0.39 is 15.3 Å². The number of fused-ring (bicyclic) bond motifs is 5. The van der Waals surface area contributed by atoms with Crippen molar-refractivity contribution in [2.24, 2.45) is 0 Å². The summed E-state index contributed by atoms with van der Waals surface area (Å²) in [5.74, 6) is 2.35. The third kappa shape index (κ3) is 6.20. The van der Waals surface area contributed by atoms with Crippen molar-refractivity contribution in [1.29, 1.82) is 0 Å². The summed E-state index contributed by atoms with van der Waals surface area (Å²) in [7, 11) is -1.70. The molecule has 10 heteroatoms. The van der Waals surface area contributed by atoms with Crippen molar-refractivity contribution in [3.63, 3.8) is 0 Å². The van der Waals surface area contributed by atoms with E-state index in [-0.39, 0.29) is 13.3 Å². The topological polar surface area (TPSA) is 108 Å². The average molecular weight is 667 g/mol. The van der Waals surface area contributed by atoms with E-state index in [1.165, 1.54) is 54.3 Å². The van der Waals surface area contributed by atoms with Crippen LogP contribution in [0.5, 0.6) is 5.75 Å². The Morgan fingerprint density at radius 2 is 1.79 bits per heavy atom. The number of aryl methyl sites for hydroxylation is 1. The first-order valence-electron chi connectivity index (χ1n) is 16.7. The second-order valence-corrected chi connectivity index (χ2v) is 15.4. The fourth-order valence-electron chi connectivity index (χ4n) is 7.17. The lowest BCUT2D eigenvalue weighted by Crippen LogP contribution is -2.32. The summed E-state index contributed by atoms with van der Waals surface area (Å²) >= 11 is 0. The van der Waals surface area contributed by atoms with Gasteiger partial charge in [0.25, 0.3) is 0 Å². The summed E-state index contributed by atoms with van der Waals surface area (Å²) in [6.45, 7) is 5.94. The van der Waals surface area contributed by atoms with Crippen LogP contribution in [0, 0.1) is 6.92 Å². The molecule has 2 aromatic heterocycles. The molecule has 0 spiro atoms. The molecule has 5 aromatic rings. The highest BCUT2D eigenvalue weighted by atomic mass is 32.2. The predicted octanol–water partition coefficient (Wildman–Crippen LogP) is 8.08. The molecule has 1 aliphatic carbocycles. The van der Waals surface area contributed by atoms with E-state index in [0.29, 0.717) is 24.2 Å². The maximum Gasteiger partial charge on any atom is 0.223 e. The van der Waals surface area contributed by atoms with Gasteiger partial charge in [0.05, 0.1) is 24.7 Å². The molecule has 3 heterocycles. The number of aromatic nitrogens is 3. The van der Waals surface area contributed by atoms with Crippen molar-refractivity contribution in [2.45, 2.75) is 77.2 Å². The van der Waals surface area contributed by atoms with Crippen molar-refractivity contribution in [1.82, 2.24) is 19.4 Å². The van der Waals surface area contributed by atoms with Crippen LogP contribution < -0.4 is 9.46 Å². The van der Waals surface area contributed by atoms with Gasteiger partial charge in [0.1, 0.15) is 12.5 Å². The van der Waals surface area contributed by atoms with Gasteiger partial charge in [0.15, 0.2) is 0 Å². The molecule has 3 aromatic carbocycles.